The highest BCUT2D eigenvalue weighted by molar-refractivity contribution is 7.99. The monoisotopic (exact) mass is 265 g/mol. The third-order valence-corrected chi connectivity index (χ3v) is 5.01. The molecule has 1 N–H and O–H groups in total. The van der Waals surface area contributed by atoms with Crippen LogP contribution in [0.2, 0.25) is 0 Å². The first-order chi connectivity index (χ1) is 8.83. The molecule has 0 bridgehead atoms. The van der Waals surface area contributed by atoms with Gasteiger partial charge in [0, 0.05) is 12.1 Å². The third kappa shape index (κ3) is 3.07. The maximum absolute atomic E-state index is 13.0. The molecule has 1 unspecified atom stereocenters. The molecule has 2 fully saturated rings. The fourth-order valence-corrected chi connectivity index (χ4v) is 3.83. The van der Waals surface area contributed by atoms with Crippen molar-refractivity contribution in [1.29, 1.82) is 0 Å². The molecule has 1 atom stereocenters. The average molecular weight is 265 g/mol. The maximum Gasteiger partial charge on any atom is 0.123 e. The van der Waals surface area contributed by atoms with Crippen LogP contribution in [-0.2, 0) is 0 Å². The normalized spacial score (nSPS) is 22.9. The van der Waals surface area contributed by atoms with Crippen molar-refractivity contribution in [2.24, 2.45) is 5.92 Å². The van der Waals surface area contributed by atoms with Crippen LogP contribution < -0.4 is 5.32 Å². The molecule has 0 spiro atoms. The fourth-order valence-electron chi connectivity index (χ4n) is 2.72. The number of rotatable bonds is 4. The lowest BCUT2D eigenvalue weighted by molar-refractivity contribution is 0.385. The van der Waals surface area contributed by atoms with Crippen LogP contribution in [0.15, 0.2) is 24.3 Å². The van der Waals surface area contributed by atoms with Gasteiger partial charge in [-0.15, -0.1) is 0 Å². The van der Waals surface area contributed by atoms with Crippen molar-refractivity contribution in [1.82, 2.24) is 5.32 Å². The van der Waals surface area contributed by atoms with E-state index >= 15 is 0 Å². The van der Waals surface area contributed by atoms with E-state index in [1.807, 2.05) is 12.1 Å². The number of thioether (sulfide) groups is 1. The van der Waals surface area contributed by atoms with Gasteiger partial charge >= 0.3 is 0 Å². The van der Waals surface area contributed by atoms with E-state index in [9.17, 15) is 4.39 Å². The van der Waals surface area contributed by atoms with Crippen LogP contribution in [0.1, 0.15) is 37.3 Å². The fraction of sp³-hybridized carbons (Fsp3) is 0.600. The maximum atomic E-state index is 13.0. The van der Waals surface area contributed by atoms with E-state index in [2.05, 4.69) is 17.1 Å². The summed E-state index contributed by atoms with van der Waals surface area (Å²) >= 11 is 2.06. The molecule has 1 aromatic carbocycles. The Morgan fingerprint density at radius 3 is 2.33 bits per heavy atom. The zero-order valence-electron chi connectivity index (χ0n) is 10.6. The molecule has 1 aliphatic carbocycles. The van der Waals surface area contributed by atoms with Crippen molar-refractivity contribution in [2.45, 2.75) is 37.8 Å². The van der Waals surface area contributed by atoms with Crippen LogP contribution in [-0.4, -0.2) is 17.5 Å². The summed E-state index contributed by atoms with van der Waals surface area (Å²) in [5.41, 5.74) is 1.26. The van der Waals surface area contributed by atoms with Gasteiger partial charge in [-0.05, 0) is 60.8 Å². The largest absolute Gasteiger partial charge is 0.307 e. The Labute approximate surface area is 113 Å². The summed E-state index contributed by atoms with van der Waals surface area (Å²) in [6.45, 7) is 0. The van der Waals surface area contributed by atoms with Crippen LogP contribution in [0.25, 0.3) is 0 Å². The van der Waals surface area contributed by atoms with E-state index in [1.54, 1.807) is 12.1 Å². The van der Waals surface area contributed by atoms with Gasteiger partial charge in [-0.2, -0.15) is 11.8 Å². The van der Waals surface area contributed by atoms with Crippen molar-refractivity contribution in [3.05, 3.63) is 35.6 Å². The molecule has 1 nitrogen and oxygen atoms in total. The zero-order chi connectivity index (χ0) is 12.4. The Balaban J connectivity index is 1.69. The molecule has 18 heavy (non-hydrogen) atoms. The van der Waals surface area contributed by atoms with E-state index in [0.29, 0.717) is 12.1 Å². The Kier molecular flexibility index (Phi) is 3.90. The lowest BCUT2D eigenvalue weighted by Crippen LogP contribution is -2.36. The van der Waals surface area contributed by atoms with E-state index in [4.69, 9.17) is 0 Å². The van der Waals surface area contributed by atoms with Crippen molar-refractivity contribution in [3.8, 4) is 0 Å². The van der Waals surface area contributed by atoms with Gasteiger partial charge in [0.1, 0.15) is 5.82 Å². The smallest absolute Gasteiger partial charge is 0.123 e. The Bertz CT molecular complexity index is 382. The van der Waals surface area contributed by atoms with E-state index in [1.165, 1.54) is 42.8 Å². The van der Waals surface area contributed by atoms with Crippen LogP contribution in [0, 0.1) is 11.7 Å². The van der Waals surface area contributed by atoms with E-state index in [-0.39, 0.29) is 5.82 Å². The molecule has 1 heterocycles. The first-order valence-corrected chi connectivity index (χ1v) is 8.07. The molecule has 3 heteroatoms. The highest BCUT2D eigenvalue weighted by Gasteiger charge is 2.33. The summed E-state index contributed by atoms with van der Waals surface area (Å²) in [4.78, 5) is 0. The highest BCUT2D eigenvalue weighted by Crippen LogP contribution is 2.41. The summed E-state index contributed by atoms with van der Waals surface area (Å²) in [6, 6.07) is 8.17. The summed E-state index contributed by atoms with van der Waals surface area (Å²) in [6.07, 6.45) is 5.18. The Hall–Kier alpha value is -0.540. The van der Waals surface area contributed by atoms with Gasteiger partial charge in [0.05, 0.1) is 0 Å². The Morgan fingerprint density at radius 1 is 1.06 bits per heavy atom. The lowest BCUT2D eigenvalue weighted by Gasteiger charge is -2.28. The number of nitrogens with one attached hydrogen (secondary N) is 1. The van der Waals surface area contributed by atoms with Crippen molar-refractivity contribution < 1.29 is 4.39 Å². The van der Waals surface area contributed by atoms with Crippen molar-refractivity contribution >= 4 is 11.8 Å². The number of hydrogen-bond donors (Lipinski definition) is 1. The molecule has 0 radical (unpaired) electrons. The quantitative estimate of drug-likeness (QED) is 0.889. The second-order valence-electron chi connectivity index (χ2n) is 5.42. The topological polar surface area (TPSA) is 12.0 Å². The predicted octanol–water partition coefficient (Wildman–Crippen LogP) is 3.76. The van der Waals surface area contributed by atoms with Gasteiger partial charge in [-0.25, -0.2) is 4.39 Å². The molecule has 0 amide bonds. The van der Waals surface area contributed by atoms with E-state index < -0.39 is 0 Å². The van der Waals surface area contributed by atoms with Crippen molar-refractivity contribution in [3.63, 3.8) is 0 Å². The van der Waals surface area contributed by atoms with Gasteiger partial charge in [0.15, 0.2) is 0 Å². The van der Waals surface area contributed by atoms with E-state index in [0.717, 1.165) is 5.92 Å². The molecule has 0 aromatic heterocycles. The minimum Gasteiger partial charge on any atom is -0.307 e. The Morgan fingerprint density at radius 2 is 1.72 bits per heavy atom. The van der Waals surface area contributed by atoms with Gasteiger partial charge in [-0.1, -0.05) is 12.1 Å². The number of benzene rings is 1. The van der Waals surface area contributed by atoms with Gasteiger partial charge < -0.3 is 5.32 Å². The van der Waals surface area contributed by atoms with Crippen LogP contribution >= 0.6 is 11.8 Å². The molecule has 1 aromatic rings. The second kappa shape index (κ2) is 5.62. The highest BCUT2D eigenvalue weighted by atomic mass is 32.2. The molecule has 1 saturated carbocycles. The molecular formula is C15H20FNS. The van der Waals surface area contributed by atoms with Crippen LogP contribution in [0.3, 0.4) is 0 Å². The van der Waals surface area contributed by atoms with Gasteiger partial charge in [-0.3, -0.25) is 0 Å². The summed E-state index contributed by atoms with van der Waals surface area (Å²) in [5, 5.41) is 3.82. The van der Waals surface area contributed by atoms with Gasteiger partial charge in [0.2, 0.25) is 0 Å². The van der Waals surface area contributed by atoms with Gasteiger partial charge in [0.25, 0.3) is 0 Å². The summed E-state index contributed by atoms with van der Waals surface area (Å²) < 4.78 is 13.0. The number of halogens is 1. The lowest BCUT2D eigenvalue weighted by atomic mass is 10.00. The minimum absolute atomic E-state index is 0.137. The van der Waals surface area contributed by atoms with Crippen molar-refractivity contribution in [2.75, 3.05) is 11.5 Å². The molecular weight excluding hydrogens is 245 g/mol. The van der Waals surface area contributed by atoms with Crippen LogP contribution in [0.4, 0.5) is 4.39 Å². The summed E-state index contributed by atoms with van der Waals surface area (Å²) in [7, 11) is 0. The molecule has 1 saturated heterocycles. The molecule has 2 aliphatic rings. The average Bonchev–Trinajstić information content (AvgIpc) is 3.23. The number of hydrogen-bond acceptors (Lipinski definition) is 2. The standard InChI is InChI=1S/C15H20FNS/c16-13-5-3-12(4-6-13)15(11-1-2-11)17-14-7-9-18-10-8-14/h3-6,11,14-15,17H,1-2,7-10H2. The SMILES string of the molecule is Fc1ccc(C(NC2CCSCC2)C2CC2)cc1. The molecule has 3 rings (SSSR count). The van der Waals surface area contributed by atoms with Crippen LogP contribution in [0.5, 0.6) is 0 Å². The predicted molar refractivity (Wildman–Crippen MR) is 75.3 cm³/mol. The minimum atomic E-state index is -0.137. The molecule has 1 aliphatic heterocycles. The summed E-state index contributed by atoms with van der Waals surface area (Å²) in [5.74, 6) is 3.18. The second-order valence-corrected chi connectivity index (χ2v) is 6.64. The molecule has 98 valence electrons. The zero-order valence-corrected chi connectivity index (χ0v) is 11.4. The first-order valence-electron chi connectivity index (χ1n) is 6.92. The first kappa shape index (κ1) is 12.5. The third-order valence-electron chi connectivity index (χ3n) is 3.96.